The SMILES string of the molecule is Cn1nnc(-c2ccc(-c3cn4ccc(C5CC(C)(C)NC(C)(C)C5)nc4n3)c(O)c2)n1. The van der Waals surface area contributed by atoms with Crippen LogP contribution in [0.5, 0.6) is 5.75 Å². The van der Waals surface area contributed by atoms with Crippen LogP contribution in [0, 0.1) is 0 Å². The average Bonchev–Trinajstić information content (AvgIpc) is 3.30. The van der Waals surface area contributed by atoms with E-state index in [0.29, 0.717) is 34.3 Å². The molecule has 4 aromatic rings. The summed E-state index contributed by atoms with van der Waals surface area (Å²) in [6.07, 6.45) is 5.93. The third-order valence-electron chi connectivity index (χ3n) is 6.00. The zero-order valence-electron chi connectivity index (χ0n) is 19.0. The summed E-state index contributed by atoms with van der Waals surface area (Å²) in [6, 6.07) is 7.40. The highest BCUT2D eigenvalue weighted by Crippen LogP contribution is 2.38. The van der Waals surface area contributed by atoms with Crippen molar-refractivity contribution in [2.75, 3.05) is 0 Å². The molecule has 0 atom stereocenters. The Morgan fingerprint density at radius 2 is 1.81 bits per heavy atom. The number of aromatic nitrogens is 7. The highest BCUT2D eigenvalue weighted by atomic mass is 16.3. The molecule has 0 unspecified atom stereocenters. The van der Waals surface area contributed by atoms with Crippen molar-refractivity contribution in [3.8, 4) is 28.4 Å². The molecule has 1 aliphatic rings. The molecule has 0 radical (unpaired) electrons. The van der Waals surface area contributed by atoms with Crippen molar-refractivity contribution in [3.63, 3.8) is 0 Å². The van der Waals surface area contributed by atoms with Gasteiger partial charge in [-0.05, 0) is 63.9 Å². The zero-order valence-corrected chi connectivity index (χ0v) is 19.0. The summed E-state index contributed by atoms with van der Waals surface area (Å²) in [6.45, 7) is 8.98. The number of hydrogen-bond acceptors (Lipinski definition) is 7. The summed E-state index contributed by atoms with van der Waals surface area (Å²) in [7, 11) is 1.70. The van der Waals surface area contributed by atoms with E-state index in [4.69, 9.17) is 9.97 Å². The summed E-state index contributed by atoms with van der Waals surface area (Å²) < 4.78 is 1.90. The lowest BCUT2D eigenvalue weighted by Crippen LogP contribution is -2.57. The van der Waals surface area contributed by atoms with Crippen LogP contribution in [0.3, 0.4) is 0 Å². The summed E-state index contributed by atoms with van der Waals surface area (Å²) in [5.41, 5.74) is 3.15. The van der Waals surface area contributed by atoms with Crippen LogP contribution in [0.25, 0.3) is 28.4 Å². The molecule has 0 aliphatic carbocycles. The van der Waals surface area contributed by atoms with Crippen LogP contribution < -0.4 is 5.32 Å². The van der Waals surface area contributed by atoms with Gasteiger partial charge in [0.25, 0.3) is 0 Å². The van der Waals surface area contributed by atoms with Gasteiger partial charge in [-0.15, -0.1) is 10.2 Å². The van der Waals surface area contributed by atoms with E-state index in [0.717, 1.165) is 18.5 Å². The number of phenols is 1. The number of tetrazole rings is 1. The predicted octanol–water partition coefficient (Wildman–Crippen LogP) is 3.32. The van der Waals surface area contributed by atoms with E-state index in [-0.39, 0.29) is 16.8 Å². The molecule has 1 saturated heterocycles. The number of rotatable bonds is 3. The lowest BCUT2D eigenvalue weighted by atomic mass is 9.74. The first-order chi connectivity index (χ1) is 15.1. The summed E-state index contributed by atoms with van der Waals surface area (Å²) >= 11 is 0. The molecule has 3 aromatic heterocycles. The molecule has 0 bridgehead atoms. The second-order valence-corrected chi connectivity index (χ2v) is 10.0. The number of aryl methyl sites for hydroxylation is 1. The number of phenolic OH excluding ortho intramolecular Hbond substituents is 1. The van der Waals surface area contributed by atoms with Gasteiger partial charge in [-0.25, -0.2) is 9.97 Å². The molecule has 166 valence electrons. The van der Waals surface area contributed by atoms with Gasteiger partial charge >= 0.3 is 0 Å². The van der Waals surface area contributed by atoms with E-state index in [1.807, 2.05) is 28.9 Å². The highest BCUT2D eigenvalue weighted by Gasteiger charge is 2.38. The second kappa shape index (κ2) is 7.09. The summed E-state index contributed by atoms with van der Waals surface area (Å²) in [5.74, 6) is 1.56. The van der Waals surface area contributed by atoms with Gasteiger partial charge in [0.2, 0.25) is 11.6 Å². The van der Waals surface area contributed by atoms with E-state index in [1.54, 1.807) is 13.1 Å². The Morgan fingerprint density at radius 1 is 1.06 bits per heavy atom. The molecule has 4 heterocycles. The van der Waals surface area contributed by atoms with E-state index < -0.39 is 0 Å². The second-order valence-electron chi connectivity index (χ2n) is 10.0. The van der Waals surface area contributed by atoms with Crippen molar-refractivity contribution in [2.24, 2.45) is 7.05 Å². The van der Waals surface area contributed by atoms with Crippen LogP contribution in [0.1, 0.15) is 52.1 Å². The number of imidazole rings is 1. The van der Waals surface area contributed by atoms with Gasteiger partial charge < -0.3 is 10.4 Å². The van der Waals surface area contributed by atoms with Crippen LogP contribution in [0.2, 0.25) is 0 Å². The Morgan fingerprint density at radius 3 is 2.47 bits per heavy atom. The minimum atomic E-state index is 0.0479. The Hall–Kier alpha value is -3.33. The first kappa shape index (κ1) is 20.6. The molecule has 5 rings (SSSR count). The molecule has 0 saturated carbocycles. The van der Waals surface area contributed by atoms with E-state index in [2.05, 4.69) is 54.5 Å². The molecule has 1 aliphatic heterocycles. The molecule has 0 amide bonds. The van der Waals surface area contributed by atoms with Gasteiger partial charge in [-0.3, -0.25) is 4.40 Å². The van der Waals surface area contributed by atoms with Crippen LogP contribution in [0.4, 0.5) is 0 Å². The number of hydrogen-bond donors (Lipinski definition) is 2. The monoisotopic (exact) mass is 432 g/mol. The highest BCUT2D eigenvalue weighted by molar-refractivity contribution is 5.72. The first-order valence-electron chi connectivity index (χ1n) is 10.8. The standard InChI is InChI=1S/C23H28N8O/c1-22(2)11-15(12-23(3,4)28-22)17-8-9-31-13-18(25-21(31)24-17)16-7-6-14(10-19(16)32)20-26-29-30(5)27-20/h6-10,13,15,28,32H,11-12H2,1-5H3. The van der Waals surface area contributed by atoms with Gasteiger partial charge in [-0.2, -0.15) is 4.80 Å². The third kappa shape index (κ3) is 3.84. The largest absolute Gasteiger partial charge is 0.507 e. The van der Waals surface area contributed by atoms with E-state index >= 15 is 0 Å². The molecule has 9 nitrogen and oxygen atoms in total. The zero-order chi connectivity index (χ0) is 22.7. The molecule has 32 heavy (non-hydrogen) atoms. The fourth-order valence-corrected chi connectivity index (χ4v) is 5.06. The summed E-state index contributed by atoms with van der Waals surface area (Å²) in [4.78, 5) is 11.0. The van der Waals surface area contributed by atoms with Crippen molar-refractivity contribution in [1.82, 2.24) is 39.9 Å². The number of benzene rings is 1. The van der Waals surface area contributed by atoms with Crippen LogP contribution in [-0.4, -0.2) is 50.8 Å². The number of piperidine rings is 1. The Bertz CT molecular complexity index is 1290. The molecule has 0 spiro atoms. The molecule has 9 heteroatoms. The topological polar surface area (TPSA) is 106 Å². The normalized spacial score (nSPS) is 18.3. The maximum atomic E-state index is 10.7. The molecular formula is C23H28N8O. The lowest BCUT2D eigenvalue weighted by molar-refractivity contribution is 0.160. The van der Waals surface area contributed by atoms with Gasteiger partial charge in [0.1, 0.15) is 5.75 Å². The van der Waals surface area contributed by atoms with Gasteiger partial charge in [0.15, 0.2) is 0 Å². The predicted molar refractivity (Wildman–Crippen MR) is 121 cm³/mol. The molecule has 2 N–H and O–H groups in total. The van der Waals surface area contributed by atoms with Crippen LogP contribution in [0.15, 0.2) is 36.7 Å². The molecule has 1 fully saturated rings. The number of nitrogens with zero attached hydrogens (tertiary/aromatic N) is 7. The van der Waals surface area contributed by atoms with Crippen LogP contribution >= 0.6 is 0 Å². The fourth-order valence-electron chi connectivity index (χ4n) is 5.06. The fraction of sp³-hybridized carbons (Fsp3) is 0.435. The lowest BCUT2D eigenvalue weighted by Gasteiger charge is -2.46. The number of aromatic hydroxyl groups is 1. The molecular weight excluding hydrogens is 404 g/mol. The third-order valence-corrected chi connectivity index (χ3v) is 6.00. The minimum absolute atomic E-state index is 0.0479. The average molecular weight is 433 g/mol. The van der Waals surface area contributed by atoms with E-state index in [9.17, 15) is 5.11 Å². The maximum Gasteiger partial charge on any atom is 0.234 e. The van der Waals surface area contributed by atoms with Gasteiger partial charge in [-0.1, -0.05) is 6.07 Å². The Balaban J connectivity index is 1.47. The Kier molecular flexibility index (Phi) is 4.56. The number of nitrogens with one attached hydrogen (secondary N) is 1. The molecule has 1 aromatic carbocycles. The summed E-state index contributed by atoms with van der Waals surface area (Å²) in [5, 5.41) is 26.4. The Labute approximate surface area is 186 Å². The smallest absolute Gasteiger partial charge is 0.234 e. The first-order valence-corrected chi connectivity index (χ1v) is 10.8. The van der Waals surface area contributed by atoms with Crippen molar-refractivity contribution in [3.05, 3.63) is 42.4 Å². The van der Waals surface area contributed by atoms with Crippen molar-refractivity contribution >= 4 is 5.78 Å². The quantitative estimate of drug-likeness (QED) is 0.511. The van der Waals surface area contributed by atoms with Crippen molar-refractivity contribution in [2.45, 2.75) is 57.5 Å². The maximum absolute atomic E-state index is 10.7. The number of fused-ring (bicyclic) bond motifs is 1. The van der Waals surface area contributed by atoms with Crippen molar-refractivity contribution < 1.29 is 5.11 Å². The van der Waals surface area contributed by atoms with E-state index in [1.165, 1.54) is 4.80 Å². The van der Waals surface area contributed by atoms with Crippen molar-refractivity contribution in [1.29, 1.82) is 0 Å². The van der Waals surface area contributed by atoms with Gasteiger partial charge in [0, 0.05) is 46.2 Å². The minimum Gasteiger partial charge on any atom is -0.507 e. The van der Waals surface area contributed by atoms with Gasteiger partial charge in [0.05, 0.1) is 12.7 Å². The van der Waals surface area contributed by atoms with Crippen LogP contribution in [-0.2, 0) is 7.05 Å².